The van der Waals surface area contributed by atoms with Gasteiger partial charge in [-0.15, -0.1) is 0 Å². The molecule has 1 aliphatic heterocycles. The fourth-order valence-electron chi connectivity index (χ4n) is 2.77. The van der Waals surface area contributed by atoms with Gasteiger partial charge in [0.05, 0.1) is 24.5 Å². The molecule has 10 heteroatoms. The van der Waals surface area contributed by atoms with Crippen LogP contribution in [0.15, 0.2) is 36.4 Å². The van der Waals surface area contributed by atoms with Crippen LogP contribution in [0.4, 0.5) is 24.5 Å². The van der Waals surface area contributed by atoms with Gasteiger partial charge in [-0.3, -0.25) is 14.4 Å². The van der Waals surface area contributed by atoms with Crippen LogP contribution in [0.2, 0.25) is 0 Å². The quantitative estimate of drug-likeness (QED) is 0.759. The molecule has 0 saturated carbocycles. The highest BCUT2D eigenvalue weighted by Crippen LogP contribution is 2.33. The van der Waals surface area contributed by atoms with Crippen LogP contribution >= 0.6 is 0 Å². The summed E-state index contributed by atoms with van der Waals surface area (Å²) in [6, 6.07) is 8.20. The number of carbonyl (C=O) groups is 3. The lowest BCUT2D eigenvalue weighted by Gasteiger charge is -2.33. The summed E-state index contributed by atoms with van der Waals surface area (Å²) < 4.78 is 45.3. The fourth-order valence-corrected chi connectivity index (χ4v) is 2.77. The molecule has 0 saturated heterocycles. The van der Waals surface area contributed by atoms with Crippen molar-refractivity contribution in [1.29, 1.82) is 0 Å². The Morgan fingerprint density at radius 1 is 1.10 bits per heavy atom. The Bertz CT molecular complexity index is 983. The molecule has 0 radical (unpaired) electrons. The maximum Gasteiger partial charge on any atom is 0.263 e. The van der Waals surface area contributed by atoms with Gasteiger partial charge in [0.15, 0.2) is 23.6 Å². The summed E-state index contributed by atoms with van der Waals surface area (Å²) >= 11 is 0. The number of nitrogens with one attached hydrogen (secondary N) is 2. The molecular formula is C19H16F3N3O4. The summed E-state index contributed by atoms with van der Waals surface area (Å²) in [5.41, 5.74) is -0.0376. The van der Waals surface area contributed by atoms with Gasteiger partial charge in [0.2, 0.25) is 11.8 Å². The molecule has 3 amide bonds. The van der Waals surface area contributed by atoms with E-state index in [0.29, 0.717) is 17.5 Å². The molecule has 2 aromatic rings. The molecule has 2 N–H and O–H groups in total. The maximum absolute atomic E-state index is 13.6. The van der Waals surface area contributed by atoms with E-state index in [-0.39, 0.29) is 12.5 Å². The molecule has 3 rings (SSSR count). The Kier molecular flexibility index (Phi) is 5.71. The van der Waals surface area contributed by atoms with Crippen molar-refractivity contribution in [2.24, 2.45) is 0 Å². The number of fused-ring (bicyclic) bond motifs is 1. The lowest BCUT2D eigenvalue weighted by Crippen LogP contribution is -2.51. The van der Waals surface area contributed by atoms with Crippen molar-refractivity contribution in [3.05, 3.63) is 53.8 Å². The van der Waals surface area contributed by atoms with Crippen LogP contribution in [0, 0.1) is 17.5 Å². The summed E-state index contributed by atoms with van der Waals surface area (Å²) in [6.07, 6.45) is -1.07. The smallest absolute Gasteiger partial charge is 0.263 e. The molecule has 0 spiro atoms. The van der Waals surface area contributed by atoms with Crippen LogP contribution in [0.5, 0.6) is 5.75 Å². The van der Waals surface area contributed by atoms with E-state index < -0.39 is 47.6 Å². The predicted octanol–water partition coefficient (Wildman–Crippen LogP) is 1.97. The van der Waals surface area contributed by atoms with Gasteiger partial charge >= 0.3 is 0 Å². The molecule has 1 atom stereocenters. The Labute approximate surface area is 163 Å². The highest BCUT2D eigenvalue weighted by atomic mass is 19.2. The lowest BCUT2D eigenvalue weighted by atomic mass is 10.1. The van der Waals surface area contributed by atoms with Crippen LogP contribution in [0.25, 0.3) is 0 Å². The number of carbonyl (C=O) groups excluding carboxylic acids is 3. The summed E-state index contributed by atoms with van der Waals surface area (Å²) in [4.78, 5) is 37.5. The average Bonchev–Trinajstić information content (AvgIpc) is 2.71. The van der Waals surface area contributed by atoms with Crippen LogP contribution < -0.4 is 20.3 Å². The maximum atomic E-state index is 13.6. The minimum absolute atomic E-state index is 0.0579. The Morgan fingerprint density at radius 2 is 1.83 bits per heavy atom. The number of rotatable bonds is 4. The number of hydrogen-bond donors (Lipinski definition) is 2. The third-order valence-electron chi connectivity index (χ3n) is 4.18. The monoisotopic (exact) mass is 407 g/mol. The lowest BCUT2D eigenvalue weighted by molar-refractivity contribution is -0.130. The summed E-state index contributed by atoms with van der Waals surface area (Å²) in [6.45, 7) is 0.720. The number of hydrogen-bond acceptors (Lipinski definition) is 4. The van der Waals surface area contributed by atoms with Crippen LogP contribution in [0.3, 0.4) is 0 Å². The number of ether oxygens (including phenoxy) is 1. The first-order chi connectivity index (χ1) is 13.8. The van der Waals surface area contributed by atoms with Crippen molar-refractivity contribution in [1.82, 2.24) is 5.32 Å². The standard InChI is InChI=1S/C19H16F3N3O4/c1-10(26)25-9-15(29-14-5-3-2-4-13(14)25)19(28)23-8-16(27)24-12-7-6-11(20)17(21)18(12)22/h2-7,15H,8-9H2,1H3,(H,23,28)(H,24,27)/t15-/m1/s1. The molecule has 0 aromatic heterocycles. The van der Waals surface area contributed by atoms with Crippen molar-refractivity contribution in [2.75, 3.05) is 23.3 Å². The normalized spacial score (nSPS) is 15.2. The van der Waals surface area contributed by atoms with Gasteiger partial charge in [-0.05, 0) is 24.3 Å². The van der Waals surface area contributed by atoms with Gasteiger partial charge in [0, 0.05) is 6.92 Å². The molecule has 1 heterocycles. The molecule has 1 aliphatic rings. The molecule has 0 unspecified atom stereocenters. The van der Waals surface area contributed by atoms with Crippen molar-refractivity contribution >= 4 is 29.1 Å². The van der Waals surface area contributed by atoms with Gasteiger partial charge in [0.1, 0.15) is 5.75 Å². The Balaban J connectivity index is 1.62. The number of amides is 3. The van der Waals surface area contributed by atoms with Crippen molar-refractivity contribution in [3.63, 3.8) is 0 Å². The first kappa shape index (κ1) is 20.2. The van der Waals surface area contributed by atoms with Gasteiger partial charge in [-0.1, -0.05) is 12.1 Å². The predicted molar refractivity (Wildman–Crippen MR) is 96.8 cm³/mol. The van der Waals surface area contributed by atoms with Crippen LogP contribution in [-0.4, -0.2) is 36.9 Å². The van der Waals surface area contributed by atoms with Gasteiger partial charge in [-0.25, -0.2) is 13.2 Å². The summed E-state index contributed by atoms with van der Waals surface area (Å²) in [5.74, 6) is -6.14. The van der Waals surface area contributed by atoms with E-state index >= 15 is 0 Å². The Morgan fingerprint density at radius 3 is 2.55 bits per heavy atom. The second-order valence-corrected chi connectivity index (χ2v) is 6.19. The molecule has 29 heavy (non-hydrogen) atoms. The van der Waals surface area contributed by atoms with E-state index in [0.717, 1.165) is 6.07 Å². The molecule has 2 aromatic carbocycles. The number of para-hydroxylation sites is 2. The molecule has 0 aliphatic carbocycles. The molecule has 7 nitrogen and oxygen atoms in total. The summed E-state index contributed by atoms with van der Waals surface area (Å²) in [7, 11) is 0. The number of benzene rings is 2. The zero-order valence-electron chi connectivity index (χ0n) is 15.2. The van der Waals surface area contributed by atoms with E-state index in [1.54, 1.807) is 24.3 Å². The molecular weight excluding hydrogens is 391 g/mol. The summed E-state index contributed by atoms with van der Waals surface area (Å²) in [5, 5.41) is 4.34. The van der Waals surface area contributed by atoms with Crippen molar-refractivity contribution < 1.29 is 32.3 Å². The average molecular weight is 407 g/mol. The van der Waals surface area contributed by atoms with E-state index in [1.807, 2.05) is 5.32 Å². The van der Waals surface area contributed by atoms with E-state index in [9.17, 15) is 27.6 Å². The molecule has 0 bridgehead atoms. The van der Waals surface area contributed by atoms with Gasteiger partial charge in [0.25, 0.3) is 5.91 Å². The Hall–Kier alpha value is -3.56. The largest absolute Gasteiger partial charge is 0.477 e. The number of anilines is 2. The molecule has 152 valence electrons. The van der Waals surface area contributed by atoms with E-state index in [2.05, 4.69) is 5.32 Å². The van der Waals surface area contributed by atoms with Gasteiger partial charge < -0.3 is 20.3 Å². The number of halogens is 3. The highest BCUT2D eigenvalue weighted by molar-refractivity contribution is 5.98. The van der Waals surface area contributed by atoms with Crippen molar-refractivity contribution in [3.8, 4) is 5.75 Å². The van der Waals surface area contributed by atoms with E-state index in [1.165, 1.54) is 11.8 Å². The first-order valence-corrected chi connectivity index (χ1v) is 8.52. The second-order valence-electron chi connectivity index (χ2n) is 6.19. The van der Waals surface area contributed by atoms with Crippen LogP contribution in [0.1, 0.15) is 6.92 Å². The van der Waals surface area contributed by atoms with Crippen LogP contribution in [-0.2, 0) is 14.4 Å². The molecule has 0 fully saturated rings. The number of nitrogens with zero attached hydrogens (tertiary/aromatic N) is 1. The first-order valence-electron chi connectivity index (χ1n) is 8.52. The van der Waals surface area contributed by atoms with E-state index in [4.69, 9.17) is 4.74 Å². The zero-order chi connectivity index (χ0) is 21.1. The zero-order valence-corrected chi connectivity index (χ0v) is 15.2. The topological polar surface area (TPSA) is 87.7 Å². The highest BCUT2D eigenvalue weighted by Gasteiger charge is 2.32. The third kappa shape index (κ3) is 4.31. The third-order valence-corrected chi connectivity index (χ3v) is 4.18. The minimum atomic E-state index is -1.72. The van der Waals surface area contributed by atoms with Crippen molar-refractivity contribution in [2.45, 2.75) is 13.0 Å². The SMILES string of the molecule is CC(=O)N1C[C@H](C(=O)NCC(=O)Nc2ccc(F)c(F)c2F)Oc2ccccc21. The second kappa shape index (κ2) is 8.21. The fraction of sp³-hybridized carbons (Fsp3) is 0.211. The minimum Gasteiger partial charge on any atom is -0.477 e. The van der Waals surface area contributed by atoms with Gasteiger partial charge in [-0.2, -0.15) is 0 Å².